The van der Waals surface area contributed by atoms with Gasteiger partial charge in [-0.2, -0.15) is 0 Å². The number of hydrogen-bond donors (Lipinski definition) is 1. The molecule has 1 N–H and O–H groups in total. The summed E-state index contributed by atoms with van der Waals surface area (Å²) < 4.78 is 28.9. The Balaban J connectivity index is 2.06. The average Bonchev–Trinajstić information content (AvgIpc) is 2.92. The smallest absolute Gasteiger partial charge is 0.264 e. The van der Waals surface area contributed by atoms with Gasteiger partial charge in [0.05, 0.1) is 20.6 Å². The summed E-state index contributed by atoms with van der Waals surface area (Å²) in [5, 5.41) is 3.50. The monoisotopic (exact) mass is 589 g/mol. The van der Waals surface area contributed by atoms with Gasteiger partial charge in [-0.1, -0.05) is 66.5 Å². The highest BCUT2D eigenvalue weighted by Crippen LogP contribution is 2.29. The van der Waals surface area contributed by atoms with Gasteiger partial charge in [0.15, 0.2) is 0 Å². The fraction of sp³-hybridized carbons (Fsp3) is 0.310. The Hall–Kier alpha value is -3.07. The molecule has 0 aliphatic heterocycles. The lowest BCUT2D eigenvalue weighted by Crippen LogP contribution is -2.51. The van der Waals surface area contributed by atoms with Crippen LogP contribution in [0.3, 0.4) is 0 Å². The predicted molar refractivity (Wildman–Crippen MR) is 157 cm³/mol. The fourth-order valence-electron chi connectivity index (χ4n) is 4.03. The number of amides is 2. The highest BCUT2D eigenvalue weighted by Gasteiger charge is 2.33. The molecule has 39 heavy (non-hydrogen) atoms. The van der Waals surface area contributed by atoms with Crippen molar-refractivity contribution in [1.29, 1.82) is 0 Å². The minimum absolute atomic E-state index is 0.0302. The van der Waals surface area contributed by atoms with Gasteiger partial charge in [0, 0.05) is 13.1 Å². The van der Waals surface area contributed by atoms with Crippen molar-refractivity contribution in [1.82, 2.24) is 10.2 Å². The summed E-state index contributed by atoms with van der Waals surface area (Å²) in [5.41, 5.74) is 2.58. The van der Waals surface area contributed by atoms with E-state index in [0.29, 0.717) is 33.4 Å². The number of halogens is 2. The number of hydrogen-bond acceptors (Lipinski definition) is 4. The number of anilines is 1. The number of sulfonamides is 1. The molecule has 0 aromatic heterocycles. The van der Waals surface area contributed by atoms with Crippen LogP contribution in [0.2, 0.25) is 10.0 Å². The van der Waals surface area contributed by atoms with Crippen molar-refractivity contribution < 1.29 is 18.0 Å². The molecule has 1 atom stereocenters. The van der Waals surface area contributed by atoms with E-state index < -0.39 is 28.5 Å². The highest BCUT2D eigenvalue weighted by atomic mass is 35.5. The maximum absolute atomic E-state index is 14.0. The van der Waals surface area contributed by atoms with E-state index in [1.165, 1.54) is 17.0 Å². The van der Waals surface area contributed by atoms with E-state index in [1.54, 1.807) is 56.3 Å². The molecule has 0 radical (unpaired) electrons. The van der Waals surface area contributed by atoms with E-state index in [1.807, 2.05) is 26.0 Å². The molecule has 3 aromatic carbocycles. The zero-order valence-electron chi connectivity index (χ0n) is 22.4. The summed E-state index contributed by atoms with van der Waals surface area (Å²) in [5.74, 6) is -0.880. The molecule has 7 nitrogen and oxygen atoms in total. The minimum Gasteiger partial charge on any atom is -0.354 e. The van der Waals surface area contributed by atoms with Gasteiger partial charge in [-0.3, -0.25) is 13.9 Å². The van der Waals surface area contributed by atoms with Gasteiger partial charge in [0.1, 0.15) is 12.6 Å². The van der Waals surface area contributed by atoms with Crippen LogP contribution >= 0.6 is 23.2 Å². The largest absolute Gasteiger partial charge is 0.354 e. The van der Waals surface area contributed by atoms with Crippen LogP contribution in [0, 0.1) is 13.8 Å². The third kappa shape index (κ3) is 7.53. The van der Waals surface area contributed by atoms with Gasteiger partial charge in [0.25, 0.3) is 10.0 Å². The molecule has 0 bridgehead atoms. The van der Waals surface area contributed by atoms with E-state index in [2.05, 4.69) is 5.32 Å². The summed E-state index contributed by atoms with van der Waals surface area (Å²) in [6.45, 7) is 7.18. The lowest BCUT2D eigenvalue weighted by atomic mass is 10.1. The molecule has 0 heterocycles. The molecule has 3 aromatic rings. The molecule has 0 fully saturated rings. The number of aryl methyl sites for hydroxylation is 2. The Morgan fingerprint density at radius 1 is 0.949 bits per heavy atom. The summed E-state index contributed by atoms with van der Waals surface area (Å²) in [4.78, 5) is 28.3. The molecule has 0 saturated heterocycles. The Labute approximate surface area is 240 Å². The van der Waals surface area contributed by atoms with Crippen LogP contribution in [-0.2, 0) is 26.2 Å². The van der Waals surface area contributed by atoms with Crippen molar-refractivity contribution in [3.8, 4) is 0 Å². The van der Waals surface area contributed by atoms with Crippen molar-refractivity contribution in [3.63, 3.8) is 0 Å². The average molecular weight is 591 g/mol. The summed E-state index contributed by atoms with van der Waals surface area (Å²) in [6.07, 6.45) is 0.731. The third-order valence-corrected chi connectivity index (χ3v) is 8.81. The fourth-order valence-corrected chi connectivity index (χ4v) is 5.85. The standard InChI is InChI=1S/C29H33Cl2N3O4S/c1-5-15-32-29(36)22(4)33(18-23-13-14-25(30)26(31)17-23)28(35)19-34(27-16-20(2)11-12-21(27)3)39(37,38)24-9-7-6-8-10-24/h6-14,16-17,22H,5,15,18-19H2,1-4H3,(H,32,36)/t22-/m1/s1. The van der Waals surface area contributed by atoms with Crippen LogP contribution in [0.15, 0.2) is 71.6 Å². The van der Waals surface area contributed by atoms with E-state index >= 15 is 0 Å². The third-order valence-electron chi connectivity index (χ3n) is 6.30. The first-order valence-electron chi connectivity index (χ1n) is 12.6. The zero-order chi connectivity index (χ0) is 28.7. The first kappa shape index (κ1) is 30.5. The van der Waals surface area contributed by atoms with Gasteiger partial charge in [-0.15, -0.1) is 0 Å². The maximum atomic E-state index is 14.0. The van der Waals surface area contributed by atoms with E-state index in [4.69, 9.17) is 23.2 Å². The first-order chi connectivity index (χ1) is 18.4. The van der Waals surface area contributed by atoms with E-state index in [-0.39, 0.29) is 17.3 Å². The molecule has 0 aliphatic carbocycles. The second-order valence-corrected chi connectivity index (χ2v) is 12.0. The SMILES string of the molecule is CCCNC(=O)[C@@H](C)N(Cc1ccc(Cl)c(Cl)c1)C(=O)CN(c1cc(C)ccc1C)S(=O)(=O)c1ccccc1. The summed E-state index contributed by atoms with van der Waals surface area (Å²) in [7, 11) is -4.12. The van der Waals surface area contributed by atoms with E-state index in [9.17, 15) is 18.0 Å². The van der Waals surface area contributed by atoms with Gasteiger partial charge in [-0.25, -0.2) is 8.42 Å². The van der Waals surface area contributed by atoms with Crippen LogP contribution in [-0.4, -0.2) is 44.3 Å². The number of carbonyl (C=O) groups is 2. The van der Waals surface area contributed by atoms with Crippen LogP contribution in [0.25, 0.3) is 0 Å². The predicted octanol–water partition coefficient (Wildman–Crippen LogP) is 5.75. The lowest BCUT2D eigenvalue weighted by molar-refractivity contribution is -0.139. The Kier molecular flexibility index (Phi) is 10.4. The number of nitrogens with zero attached hydrogens (tertiary/aromatic N) is 2. The number of rotatable bonds is 11. The highest BCUT2D eigenvalue weighted by molar-refractivity contribution is 7.92. The molecule has 0 spiro atoms. The van der Waals surface area contributed by atoms with Crippen LogP contribution < -0.4 is 9.62 Å². The molecular formula is C29H33Cl2N3O4S. The summed E-state index contributed by atoms with van der Waals surface area (Å²) in [6, 6.07) is 17.5. The zero-order valence-corrected chi connectivity index (χ0v) is 24.8. The molecule has 0 unspecified atom stereocenters. The number of nitrogens with one attached hydrogen (secondary N) is 1. The molecule has 3 rings (SSSR count). The molecule has 208 valence electrons. The van der Waals surface area contributed by atoms with Crippen molar-refractivity contribution in [2.45, 2.75) is 51.6 Å². The number of carbonyl (C=O) groups excluding carboxylic acids is 2. The second kappa shape index (κ2) is 13.3. The van der Waals surface area contributed by atoms with Crippen molar-refractivity contribution in [2.24, 2.45) is 0 Å². The Morgan fingerprint density at radius 3 is 2.28 bits per heavy atom. The molecule has 10 heteroatoms. The van der Waals surface area contributed by atoms with Gasteiger partial charge < -0.3 is 10.2 Å². The van der Waals surface area contributed by atoms with Gasteiger partial charge in [0.2, 0.25) is 11.8 Å². The minimum atomic E-state index is -4.12. The maximum Gasteiger partial charge on any atom is 0.264 e. The quantitative estimate of drug-likeness (QED) is 0.308. The number of benzene rings is 3. The molecule has 2 amide bonds. The normalized spacial score (nSPS) is 12.1. The molecule has 0 aliphatic rings. The van der Waals surface area contributed by atoms with Crippen LogP contribution in [0.5, 0.6) is 0 Å². The Morgan fingerprint density at radius 2 is 1.64 bits per heavy atom. The Bertz CT molecular complexity index is 1430. The molecule has 0 saturated carbocycles. The van der Waals surface area contributed by atoms with Crippen LogP contribution in [0.4, 0.5) is 5.69 Å². The van der Waals surface area contributed by atoms with E-state index in [0.717, 1.165) is 16.3 Å². The van der Waals surface area contributed by atoms with Crippen molar-refractivity contribution in [2.75, 3.05) is 17.4 Å². The summed E-state index contributed by atoms with van der Waals surface area (Å²) >= 11 is 12.3. The topological polar surface area (TPSA) is 86.8 Å². The first-order valence-corrected chi connectivity index (χ1v) is 14.8. The second-order valence-electron chi connectivity index (χ2n) is 9.35. The molecular weight excluding hydrogens is 557 g/mol. The van der Waals surface area contributed by atoms with Crippen molar-refractivity contribution in [3.05, 3.63) is 93.5 Å². The van der Waals surface area contributed by atoms with Crippen LogP contribution in [0.1, 0.15) is 37.0 Å². The van der Waals surface area contributed by atoms with Gasteiger partial charge in [-0.05, 0) is 74.2 Å². The lowest BCUT2D eigenvalue weighted by Gasteiger charge is -2.32. The van der Waals surface area contributed by atoms with Crippen molar-refractivity contribution >= 4 is 50.7 Å². The van der Waals surface area contributed by atoms with Gasteiger partial charge >= 0.3 is 0 Å².